The van der Waals surface area contributed by atoms with Gasteiger partial charge >= 0.3 is 6.18 Å². The highest BCUT2D eigenvalue weighted by Crippen LogP contribution is 2.16. The van der Waals surface area contributed by atoms with E-state index in [1.165, 1.54) is 12.3 Å². The molecule has 1 rings (SSSR count). The summed E-state index contributed by atoms with van der Waals surface area (Å²) in [5, 5.41) is 0. The first-order valence-corrected chi connectivity index (χ1v) is 3.50. The van der Waals surface area contributed by atoms with Crippen molar-refractivity contribution in [1.29, 1.82) is 0 Å². The minimum atomic E-state index is -4.39. The molecule has 1 heterocycles. The number of hydrazine groups is 1. The SMILES string of the molecule is NNc1nccc(OCC(F)(F)F)n1. The van der Waals surface area contributed by atoms with Gasteiger partial charge in [-0.15, -0.1) is 0 Å². The lowest BCUT2D eigenvalue weighted by Crippen LogP contribution is -2.20. The van der Waals surface area contributed by atoms with Gasteiger partial charge in [0, 0.05) is 12.3 Å². The standard InChI is InChI=1S/C6H7F3N4O/c7-6(8,9)3-14-4-1-2-11-5(12-4)13-10/h1-2H,3,10H2,(H,11,12,13). The fourth-order valence-corrected chi connectivity index (χ4v) is 0.648. The van der Waals surface area contributed by atoms with E-state index in [2.05, 4.69) is 20.1 Å². The molecule has 0 aliphatic rings. The van der Waals surface area contributed by atoms with Crippen molar-refractivity contribution < 1.29 is 17.9 Å². The third kappa shape index (κ3) is 3.44. The summed E-state index contributed by atoms with van der Waals surface area (Å²) in [5.41, 5.74) is 2.08. The summed E-state index contributed by atoms with van der Waals surface area (Å²) in [6.07, 6.45) is -3.16. The second-order valence-corrected chi connectivity index (χ2v) is 2.27. The van der Waals surface area contributed by atoms with Gasteiger partial charge in [-0.2, -0.15) is 18.2 Å². The van der Waals surface area contributed by atoms with Crippen LogP contribution < -0.4 is 16.0 Å². The van der Waals surface area contributed by atoms with Gasteiger partial charge in [-0.25, -0.2) is 10.8 Å². The van der Waals surface area contributed by atoms with Crippen LogP contribution in [0.3, 0.4) is 0 Å². The maximum atomic E-state index is 11.7. The van der Waals surface area contributed by atoms with Gasteiger partial charge in [-0.1, -0.05) is 0 Å². The average molecular weight is 208 g/mol. The van der Waals surface area contributed by atoms with Crippen molar-refractivity contribution in [3.63, 3.8) is 0 Å². The molecule has 0 spiro atoms. The first-order chi connectivity index (χ1) is 6.51. The van der Waals surface area contributed by atoms with Crippen LogP contribution in [-0.2, 0) is 0 Å². The second-order valence-electron chi connectivity index (χ2n) is 2.27. The maximum absolute atomic E-state index is 11.7. The number of ether oxygens (including phenoxy) is 1. The molecule has 0 atom stereocenters. The zero-order valence-electron chi connectivity index (χ0n) is 6.88. The number of alkyl halides is 3. The largest absolute Gasteiger partial charge is 0.468 e. The summed E-state index contributed by atoms with van der Waals surface area (Å²) in [5.74, 6) is 4.75. The molecule has 0 amide bonds. The summed E-state index contributed by atoms with van der Waals surface area (Å²) in [6, 6.07) is 1.20. The number of nitrogens with two attached hydrogens (primary N) is 1. The monoisotopic (exact) mass is 208 g/mol. The first kappa shape index (κ1) is 10.5. The molecule has 1 aromatic rings. The predicted octanol–water partition coefficient (Wildman–Crippen LogP) is 0.703. The van der Waals surface area contributed by atoms with Crippen LogP contribution in [0.4, 0.5) is 19.1 Å². The lowest BCUT2D eigenvalue weighted by Gasteiger charge is -2.08. The van der Waals surface area contributed by atoms with E-state index in [-0.39, 0.29) is 11.8 Å². The average Bonchev–Trinajstić information content (AvgIpc) is 2.14. The molecular formula is C6H7F3N4O. The summed E-state index contributed by atoms with van der Waals surface area (Å²) in [4.78, 5) is 7.12. The van der Waals surface area contributed by atoms with Gasteiger partial charge in [0.05, 0.1) is 0 Å². The Morgan fingerprint density at radius 2 is 2.21 bits per heavy atom. The zero-order chi connectivity index (χ0) is 10.6. The highest BCUT2D eigenvalue weighted by Gasteiger charge is 2.28. The maximum Gasteiger partial charge on any atom is 0.422 e. The minimum Gasteiger partial charge on any atom is -0.468 e. The van der Waals surface area contributed by atoms with Crippen LogP contribution in [-0.4, -0.2) is 22.8 Å². The van der Waals surface area contributed by atoms with E-state index >= 15 is 0 Å². The highest BCUT2D eigenvalue weighted by molar-refractivity contribution is 5.25. The van der Waals surface area contributed by atoms with E-state index in [0.29, 0.717) is 0 Å². The quantitative estimate of drug-likeness (QED) is 0.565. The van der Waals surface area contributed by atoms with Crippen LogP contribution in [0.25, 0.3) is 0 Å². The number of hydrogen-bond donors (Lipinski definition) is 2. The Balaban J connectivity index is 2.59. The van der Waals surface area contributed by atoms with E-state index in [0.717, 1.165) is 0 Å². The van der Waals surface area contributed by atoms with Gasteiger partial charge in [-0.05, 0) is 0 Å². The number of hydrogen-bond acceptors (Lipinski definition) is 5. The molecule has 0 aliphatic carbocycles. The predicted molar refractivity (Wildman–Crippen MR) is 41.4 cm³/mol. The van der Waals surface area contributed by atoms with Crippen LogP contribution in [0.15, 0.2) is 12.3 Å². The van der Waals surface area contributed by atoms with Crippen molar-refractivity contribution in [2.24, 2.45) is 5.84 Å². The van der Waals surface area contributed by atoms with Gasteiger partial charge in [-0.3, -0.25) is 5.43 Å². The molecule has 0 saturated carbocycles. The third-order valence-electron chi connectivity index (χ3n) is 1.14. The number of nitrogens with one attached hydrogen (secondary N) is 1. The van der Waals surface area contributed by atoms with Gasteiger partial charge < -0.3 is 4.74 Å². The highest BCUT2D eigenvalue weighted by atomic mass is 19.4. The number of nitrogens with zero attached hydrogens (tertiary/aromatic N) is 2. The Kier molecular flexibility index (Phi) is 3.07. The normalized spacial score (nSPS) is 11.1. The van der Waals surface area contributed by atoms with Crippen LogP contribution in [0.2, 0.25) is 0 Å². The van der Waals surface area contributed by atoms with Crippen molar-refractivity contribution >= 4 is 5.95 Å². The molecular weight excluding hydrogens is 201 g/mol. The lowest BCUT2D eigenvalue weighted by atomic mass is 10.6. The second kappa shape index (κ2) is 4.09. The fraction of sp³-hybridized carbons (Fsp3) is 0.333. The van der Waals surface area contributed by atoms with E-state index < -0.39 is 12.8 Å². The lowest BCUT2D eigenvalue weighted by molar-refractivity contribution is -0.154. The molecule has 78 valence electrons. The van der Waals surface area contributed by atoms with Crippen LogP contribution in [0.1, 0.15) is 0 Å². The zero-order valence-corrected chi connectivity index (χ0v) is 6.88. The Labute approximate surface area is 77.1 Å². The van der Waals surface area contributed by atoms with Crippen molar-refractivity contribution in [3.05, 3.63) is 12.3 Å². The Hall–Kier alpha value is -1.57. The van der Waals surface area contributed by atoms with Gasteiger partial charge in [0.1, 0.15) is 0 Å². The van der Waals surface area contributed by atoms with Crippen molar-refractivity contribution in [1.82, 2.24) is 9.97 Å². The van der Waals surface area contributed by atoms with Crippen LogP contribution >= 0.6 is 0 Å². The molecule has 14 heavy (non-hydrogen) atoms. The Morgan fingerprint density at radius 3 is 2.79 bits per heavy atom. The summed E-state index contributed by atoms with van der Waals surface area (Å²) < 4.78 is 39.5. The van der Waals surface area contributed by atoms with E-state index in [1.54, 1.807) is 0 Å². The first-order valence-electron chi connectivity index (χ1n) is 3.50. The van der Waals surface area contributed by atoms with Gasteiger partial charge in [0.25, 0.3) is 0 Å². The third-order valence-corrected chi connectivity index (χ3v) is 1.14. The van der Waals surface area contributed by atoms with E-state index in [9.17, 15) is 13.2 Å². The molecule has 3 N–H and O–H groups in total. The fourth-order valence-electron chi connectivity index (χ4n) is 0.648. The number of aromatic nitrogens is 2. The van der Waals surface area contributed by atoms with Gasteiger partial charge in [0.15, 0.2) is 6.61 Å². The number of nitrogen functional groups attached to an aromatic ring is 1. The molecule has 0 fully saturated rings. The smallest absolute Gasteiger partial charge is 0.422 e. The Bertz CT molecular complexity index is 303. The molecule has 0 aromatic carbocycles. The van der Waals surface area contributed by atoms with E-state index in [4.69, 9.17) is 5.84 Å². The molecule has 8 heteroatoms. The molecule has 5 nitrogen and oxygen atoms in total. The topological polar surface area (TPSA) is 73.1 Å². The molecule has 0 unspecified atom stereocenters. The van der Waals surface area contributed by atoms with Crippen molar-refractivity contribution in [3.8, 4) is 5.88 Å². The van der Waals surface area contributed by atoms with Gasteiger partial charge in [0.2, 0.25) is 11.8 Å². The molecule has 0 saturated heterocycles. The van der Waals surface area contributed by atoms with Crippen molar-refractivity contribution in [2.75, 3.05) is 12.0 Å². The number of rotatable bonds is 3. The Morgan fingerprint density at radius 1 is 1.50 bits per heavy atom. The minimum absolute atomic E-state index is 0.00956. The molecule has 0 aliphatic heterocycles. The number of anilines is 1. The summed E-state index contributed by atoms with van der Waals surface area (Å²) in [7, 11) is 0. The van der Waals surface area contributed by atoms with Crippen LogP contribution in [0.5, 0.6) is 5.88 Å². The van der Waals surface area contributed by atoms with E-state index in [1.807, 2.05) is 0 Å². The summed E-state index contributed by atoms with van der Waals surface area (Å²) >= 11 is 0. The molecule has 0 bridgehead atoms. The summed E-state index contributed by atoms with van der Waals surface area (Å²) in [6.45, 7) is -1.39. The molecule has 0 radical (unpaired) electrons. The molecule has 1 aromatic heterocycles. The van der Waals surface area contributed by atoms with Crippen LogP contribution in [0, 0.1) is 0 Å². The number of halogens is 3. The van der Waals surface area contributed by atoms with Crippen molar-refractivity contribution in [2.45, 2.75) is 6.18 Å².